The Hall–Kier alpha value is -4.75. The second-order valence-corrected chi connectivity index (χ2v) is 13.4. The van der Waals surface area contributed by atoms with Crippen LogP contribution >= 0.6 is 0 Å². The van der Waals surface area contributed by atoms with E-state index in [2.05, 4.69) is 32.1 Å². The number of ether oxygens (including phenoxy) is 1. The van der Waals surface area contributed by atoms with Crippen LogP contribution in [0, 0.1) is 23.5 Å². The van der Waals surface area contributed by atoms with Gasteiger partial charge in [-0.2, -0.15) is 0 Å². The first-order chi connectivity index (χ1) is 23.7. The Balaban J connectivity index is 1.07. The van der Waals surface area contributed by atoms with Crippen molar-refractivity contribution < 1.29 is 18.3 Å². The number of rotatable bonds is 9. The summed E-state index contributed by atoms with van der Waals surface area (Å²) in [6, 6.07) is 8.86. The molecule has 2 aromatic heterocycles. The molecule has 1 aliphatic carbocycles. The molecule has 4 heterocycles. The zero-order valence-corrected chi connectivity index (χ0v) is 27.4. The molecule has 1 amide bonds. The predicted molar refractivity (Wildman–Crippen MR) is 179 cm³/mol. The monoisotopic (exact) mass is 671 g/mol. The highest BCUT2D eigenvalue weighted by Crippen LogP contribution is 2.32. The van der Waals surface area contributed by atoms with Gasteiger partial charge in [-0.15, -0.1) is 0 Å². The summed E-state index contributed by atoms with van der Waals surface area (Å²) in [5.41, 5.74) is 0.168. The van der Waals surface area contributed by atoms with Crippen LogP contribution in [0.1, 0.15) is 53.7 Å². The maximum absolute atomic E-state index is 15.4. The van der Waals surface area contributed by atoms with Crippen LogP contribution in [0.3, 0.4) is 0 Å². The number of piperidine rings is 1. The molecule has 7 rings (SSSR count). The number of carbonyl (C=O) groups excluding carboxylic acids is 1. The lowest BCUT2D eigenvalue weighted by atomic mass is 9.85. The van der Waals surface area contributed by atoms with Crippen molar-refractivity contribution in [2.24, 2.45) is 11.8 Å². The average Bonchev–Trinajstić information content (AvgIpc) is 3.06. The molecule has 49 heavy (non-hydrogen) atoms. The van der Waals surface area contributed by atoms with Gasteiger partial charge in [-0.3, -0.25) is 19.1 Å². The second-order valence-electron chi connectivity index (χ2n) is 13.4. The maximum Gasteiger partial charge on any atom is 0.335 e. The first-order valence-electron chi connectivity index (χ1n) is 16.9. The number of benzene rings is 2. The molecule has 0 radical (unpaired) electrons. The van der Waals surface area contributed by atoms with Crippen molar-refractivity contribution in [1.82, 2.24) is 28.9 Å². The number of nitrogens with zero attached hydrogens (tertiary/aromatic N) is 6. The topological polar surface area (TPSA) is 115 Å². The van der Waals surface area contributed by atoms with Crippen molar-refractivity contribution in [3.63, 3.8) is 0 Å². The van der Waals surface area contributed by atoms with Gasteiger partial charge in [-0.1, -0.05) is 6.42 Å². The second kappa shape index (κ2) is 14.0. The Labute approximate surface area is 282 Å². The van der Waals surface area contributed by atoms with E-state index in [4.69, 9.17) is 4.74 Å². The summed E-state index contributed by atoms with van der Waals surface area (Å²) < 4.78 is 37.2. The van der Waals surface area contributed by atoms with Crippen molar-refractivity contribution in [3.05, 3.63) is 104 Å². The van der Waals surface area contributed by atoms with Crippen molar-refractivity contribution in [2.75, 3.05) is 38.5 Å². The normalized spacial score (nSPS) is 17.4. The van der Waals surface area contributed by atoms with E-state index in [1.54, 1.807) is 0 Å². The Morgan fingerprint density at radius 1 is 0.959 bits per heavy atom. The summed E-state index contributed by atoms with van der Waals surface area (Å²) in [5, 5.41) is 2.58. The van der Waals surface area contributed by atoms with Gasteiger partial charge in [0.15, 0.2) is 11.6 Å². The number of hydrogen-bond acceptors (Lipinski definition) is 8. The fraction of sp³-hybridized carbons (Fsp3) is 0.417. The highest BCUT2D eigenvalue weighted by atomic mass is 19.1. The minimum atomic E-state index is -0.863. The van der Waals surface area contributed by atoms with Gasteiger partial charge in [0, 0.05) is 49.7 Å². The van der Waals surface area contributed by atoms with Crippen molar-refractivity contribution in [2.45, 2.75) is 51.6 Å². The molecule has 3 aliphatic rings. The fourth-order valence-corrected chi connectivity index (χ4v) is 6.86. The van der Waals surface area contributed by atoms with Crippen LogP contribution in [-0.4, -0.2) is 68.0 Å². The molecule has 13 heteroatoms. The van der Waals surface area contributed by atoms with Crippen LogP contribution in [0.4, 0.5) is 14.5 Å². The maximum atomic E-state index is 15.4. The summed E-state index contributed by atoms with van der Waals surface area (Å²) in [7, 11) is 2.16. The molecule has 0 spiro atoms. The molecule has 2 aromatic carbocycles. The highest BCUT2D eigenvalue weighted by molar-refractivity contribution is 6.03. The number of carbonyl (C=O) groups is 1. The summed E-state index contributed by atoms with van der Waals surface area (Å²) in [6.45, 7) is 5.13. The van der Waals surface area contributed by atoms with Gasteiger partial charge >= 0.3 is 5.69 Å². The summed E-state index contributed by atoms with van der Waals surface area (Å²) in [6.07, 6.45) is 8.67. The van der Waals surface area contributed by atoms with E-state index in [1.165, 1.54) is 54.2 Å². The van der Waals surface area contributed by atoms with Crippen LogP contribution in [0.25, 0.3) is 5.69 Å². The third-order valence-electron chi connectivity index (χ3n) is 9.96. The minimum absolute atomic E-state index is 0.0691. The van der Waals surface area contributed by atoms with Gasteiger partial charge in [0.1, 0.15) is 17.7 Å². The Morgan fingerprint density at radius 2 is 1.71 bits per heavy atom. The summed E-state index contributed by atoms with van der Waals surface area (Å²) in [4.78, 5) is 53.9. The van der Waals surface area contributed by atoms with Crippen molar-refractivity contribution in [3.8, 4) is 17.3 Å². The molecule has 4 aromatic rings. The molecule has 2 fully saturated rings. The van der Waals surface area contributed by atoms with E-state index in [9.17, 15) is 18.8 Å². The van der Waals surface area contributed by atoms with Crippen LogP contribution < -0.4 is 21.3 Å². The number of aromatic nitrogens is 4. The number of fused-ring (bicyclic) bond motifs is 1. The Kier molecular flexibility index (Phi) is 9.37. The number of nitrogens with one attached hydrogen (secondary N) is 1. The zero-order valence-electron chi connectivity index (χ0n) is 27.4. The number of hydrogen-bond donors (Lipinski definition) is 1. The molecule has 1 saturated heterocycles. The van der Waals surface area contributed by atoms with Gasteiger partial charge in [0.25, 0.3) is 11.5 Å². The molecular formula is C36H39F2N7O4. The number of anilines is 1. The molecular weight excluding hydrogens is 632 g/mol. The molecule has 0 unspecified atom stereocenters. The highest BCUT2D eigenvalue weighted by Gasteiger charge is 2.27. The van der Waals surface area contributed by atoms with Gasteiger partial charge in [0.2, 0.25) is 5.88 Å². The lowest BCUT2D eigenvalue weighted by Crippen LogP contribution is -2.43. The predicted octanol–water partition coefficient (Wildman–Crippen LogP) is 4.61. The van der Waals surface area contributed by atoms with E-state index >= 15 is 4.39 Å². The van der Waals surface area contributed by atoms with E-state index < -0.39 is 28.8 Å². The van der Waals surface area contributed by atoms with E-state index in [0.29, 0.717) is 31.3 Å². The smallest absolute Gasteiger partial charge is 0.335 e. The SMILES string of the molecule is CN1CCC(CN2CCc3c(ncnc3Oc3ccc(NC(=O)c4cn(CC5CCC5)c(=O)n(-c5ccc(F)cc5)c4=O)cc3F)C2)CC1. The molecule has 256 valence electrons. The standard InChI is InChI=1S/C36H39F2N7O4/c1-42-14-11-24(12-15-42)18-43-16-13-28-31(21-43)39-22-40-34(28)49-32-10-7-26(17-30(32)38)41-33(46)29-20-44(19-23-3-2-4-23)36(48)45(35(29)47)27-8-5-25(37)6-9-27/h5-10,17,20,22-24H,2-4,11-16,18-19,21H2,1H3,(H,41,46). The van der Waals surface area contributed by atoms with Crippen molar-refractivity contribution >= 4 is 11.6 Å². The molecule has 0 bridgehead atoms. The van der Waals surface area contributed by atoms with Crippen LogP contribution in [-0.2, 0) is 19.5 Å². The number of amides is 1. The molecule has 1 saturated carbocycles. The number of halogens is 2. The third kappa shape index (κ3) is 7.18. The van der Waals surface area contributed by atoms with Crippen LogP contribution in [0.15, 0.2) is 64.6 Å². The first kappa shape index (κ1) is 32.8. The minimum Gasteiger partial charge on any atom is -0.436 e. The van der Waals surface area contributed by atoms with Gasteiger partial charge in [-0.25, -0.2) is 28.1 Å². The van der Waals surface area contributed by atoms with Crippen LogP contribution in [0.5, 0.6) is 11.6 Å². The Bertz CT molecular complexity index is 1970. The zero-order chi connectivity index (χ0) is 34.1. The summed E-state index contributed by atoms with van der Waals surface area (Å²) >= 11 is 0. The molecule has 2 aliphatic heterocycles. The van der Waals surface area contributed by atoms with E-state index in [0.717, 1.165) is 79.5 Å². The fourth-order valence-electron chi connectivity index (χ4n) is 6.86. The van der Waals surface area contributed by atoms with Crippen LogP contribution in [0.2, 0.25) is 0 Å². The third-order valence-corrected chi connectivity index (χ3v) is 9.96. The van der Waals surface area contributed by atoms with Crippen molar-refractivity contribution in [1.29, 1.82) is 0 Å². The lowest BCUT2D eigenvalue weighted by Gasteiger charge is -2.35. The quantitative estimate of drug-likeness (QED) is 0.275. The molecule has 0 atom stereocenters. The van der Waals surface area contributed by atoms with E-state index in [1.807, 2.05) is 0 Å². The van der Waals surface area contributed by atoms with Gasteiger partial charge < -0.3 is 15.0 Å². The largest absolute Gasteiger partial charge is 0.436 e. The van der Waals surface area contributed by atoms with E-state index in [-0.39, 0.29) is 28.6 Å². The Morgan fingerprint density at radius 3 is 2.43 bits per heavy atom. The summed E-state index contributed by atoms with van der Waals surface area (Å²) in [5.74, 6) is -0.930. The lowest BCUT2D eigenvalue weighted by molar-refractivity contribution is 0.102. The molecule has 11 nitrogen and oxygen atoms in total. The van der Waals surface area contributed by atoms with Gasteiger partial charge in [-0.05, 0) is 100 Å². The first-order valence-corrected chi connectivity index (χ1v) is 16.9. The number of likely N-dealkylation sites (tertiary alicyclic amines) is 1. The average molecular weight is 672 g/mol. The molecule has 1 N–H and O–H groups in total. The van der Waals surface area contributed by atoms with Gasteiger partial charge in [0.05, 0.1) is 11.4 Å².